The van der Waals surface area contributed by atoms with Crippen molar-refractivity contribution in [1.82, 2.24) is 0 Å². The molecule has 0 aromatic heterocycles. The van der Waals surface area contributed by atoms with Crippen molar-refractivity contribution >= 4 is 17.5 Å². The quantitative estimate of drug-likeness (QED) is 0.506. The molecule has 2 rings (SSSR count). The molecule has 5 heteroatoms. The average Bonchev–Trinajstić information content (AvgIpc) is 2.45. The number of carbonyl (C=O) groups excluding carboxylic acids is 1. The lowest BCUT2D eigenvalue weighted by Gasteiger charge is -2.01. The first kappa shape index (κ1) is 13.5. The standard InChI is InChI=1S/C15H11NO4/c17-12-6-7-13(15(19)9-12)14(18)8-3-10-1-4-11(16-20)5-2-10/h1-9,17,19H/b8-3+. The second kappa shape index (κ2) is 5.79. The third kappa shape index (κ3) is 3.08. The summed E-state index contributed by atoms with van der Waals surface area (Å²) in [5, 5.41) is 21.5. The van der Waals surface area contributed by atoms with E-state index in [0.29, 0.717) is 5.69 Å². The Balaban J connectivity index is 2.17. The lowest BCUT2D eigenvalue weighted by molar-refractivity contribution is 0.104. The second-order valence-electron chi connectivity index (χ2n) is 4.08. The van der Waals surface area contributed by atoms with Crippen LogP contribution in [-0.2, 0) is 0 Å². The van der Waals surface area contributed by atoms with Gasteiger partial charge in [-0.1, -0.05) is 18.2 Å². The van der Waals surface area contributed by atoms with Crippen molar-refractivity contribution in [2.24, 2.45) is 5.18 Å². The number of phenolic OH excluding ortho intramolecular Hbond substituents is 2. The molecule has 0 spiro atoms. The topological polar surface area (TPSA) is 87.0 Å². The Bertz CT molecular complexity index is 675. The fourth-order valence-electron chi connectivity index (χ4n) is 1.64. The van der Waals surface area contributed by atoms with Crippen molar-refractivity contribution in [3.05, 3.63) is 64.6 Å². The third-order valence-electron chi connectivity index (χ3n) is 2.67. The predicted octanol–water partition coefficient (Wildman–Crippen LogP) is 3.39. The smallest absolute Gasteiger partial charge is 0.189 e. The number of ketones is 1. The van der Waals surface area contributed by atoms with E-state index in [0.717, 1.165) is 11.6 Å². The van der Waals surface area contributed by atoms with Crippen LogP contribution in [-0.4, -0.2) is 16.0 Å². The molecule has 0 unspecified atom stereocenters. The van der Waals surface area contributed by atoms with Gasteiger partial charge in [-0.25, -0.2) is 0 Å². The first-order valence-electron chi connectivity index (χ1n) is 5.78. The van der Waals surface area contributed by atoms with E-state index >= 15 is 0 Å². The second-order valence-corrected chi connectivity index (χ2v) is 4.08. The van der Waals surface area contributed by atoms with Gasteiger partial charge < -0.3 is 10.2 Å². The van der Waals surface area contributed by atoms with Crippen molar-refractivity contribution in [3.8, 4) is 11.5 Å². The molecule has 0 saturated heterocycles. The van der Waals surface area contributed by atoms with E-state index in [-0.39, 0.29) is 22.8 Å². The van der Waals surface area contributed by atoms with E-state index in [4.69, 9.17) is 5.11 Å². The van der Waals surface area contributed by atoms with Crippen LogP contribution in [0, 0.1) is 4.91 Å². The number of allylic oxidation sites excluding steroid dienone is 1. The zero-order chi connectivity index (χ0) is 14.5. The van der Waals surface area contributed by atoms with Crippen molar-refractivity contribution in [2.75, 3.05) is 0 Å². The summed E-state index contributed by atoms with van der Waals surface area (Å²) in [4.78, 5) is 22.1. The number of hydrogen-bond acceptors (Lipinski definition) is 5. The molecule has 0 saturated carbocycles. The number of rotatable bonds is 4. The maximum absolute atomic E-state index is 11.9. The normalized spacial score (nSPS) is 10.6. The molecule has 5 nitrogen and oxygen atoms in total. The summed E-state index contributed by atoms with van der Waals surface area (Å²) in [6.45, 7) is 0. The molecule has 0 aliphatic rings. The summed E-state index contributed by atoms with van der Waals surface area (Å²) >= 11 is 0. The van der Waals surface area contributed by atoms with Crippen LogP contribution in [0.1, 0.15) is 15.9 Å². The van der Waals surface area contributed by atoms with Gasteiger partial charge in [0.05, 0.1) is 5.56 Å². The Labute approximate surface area is 114 Å². The van der Waals surface area contributed by atoms with Crippen LogP contribution in [0.3, 0.4) is 0 Å². The SMILES string of the molecule is O=Nc1ccc(/C=C/C(=O)c2ccc(O)cc2O)cc1. The van der Waals surface area contributed by atoms with E-state index in [1.54, 1.807) is 18.2 Å². The Kier molecular flexibility index (Phi) is 3.91. The number of hydrogen-bond donors (Lipinski definition) is 2. The summed E-state index contributed by atoms with van der Waals surface area (Å²) < 4.78 is 0. The molecular weight excluding hydrogens is 258 g/mol. The first-order chi connectivity index (χ1) is 9.60. The highest BCUT2D eigenvalue weighted by Crippen LogP contribution is 2.23. The van der Waals surface area contributed by atoms with Gasteiger partial charge in [-0.15, -0.1) is 4.91 Å². The fraction of sp³-hybridized carbons (Fsp3) is 0. The molecule has 2 aromatic rings. The lowest BCUT2D eigenvalue weighted by atomic mass is 10.1. The number of nitroso groups, excluding NO2 is 1. The summed E-state index contributed by atoms with van der Waals surface area (Å²) in [7, 11) is 0. The maximum Gasteiger partial charge on any atom is 0.189 e. The van der Waals surface area contributed by atoms with Gasteiger partial charge in [-0.3, -0.25) is 4.79 Å². The molecule has 0 heterocycles. The Morgan fingerprint density at radius 1 is 1.05 bits per heavy atom. The van der Waals surface area contributed by atoms with E-state index < -0.39 is 0 Å². The predicted molar refractivity (Wildman–Crippen MR) is 75.0 cm³/mol. The van der Waals surface area contributed by atoms with Gasteiger partial charge in [0.1, 0.15) is 17.2 Å². The number of nitrogens with zero attached hydrogens (tertiary/aromatic N) is 1. The summed E-state index contributed by atoms with van der Waals surface area (Å²) in [6, 6.07) is 10.1. The molecule has 2 N–H and O–H groups in total. The van der Waals surface area contributed by atoms with Gasteiger partial charge in [0, 0.05) is 6.07 Å². The summed E-state index contributed by atoms with van der Waals surface area (Å²) in [5.41, 5.74) is 1.14. The molecule has 0 aliphatic carbocycles. The molecule has 100 valence electrons. The highest BCUT2D eigenvalue weighted by molar-refractivity contribution is 6.08. The van der Waals surface area contributed by atoms with Crippen LogP contribution in [0.5, 0.6) is 11.5 Å². The highest BCUT2D eigenvalue weighted by Gasteiger charge is 2.08. The van der Waals surface area contributed by atoms with Crippen LogP contribution in [0.2, 0.25) is 0 Å². The third-order valence-corrected chi connectivity index (χ3v) is 2.67. The summed E-state index contributed by atoms with van der Waals surface area (Å²) in [5.74, 6) is -0.778. The van der Waals surface area contributed by atoms with Crippen molar-refractivity contribution in [3.63, 3.8) is 0 Å². The minimum atomic E-state index is -0.389. The Morgan fingerprint density at radius 3 is 2.35 bits per heavy atom. The first-order valence-corrected chi connectivity index (χ1v) is 5.78. The molecule has 0 amide bonds. The van der Waals surface area contributed by atoms with Crippen LogP contribution >= 0.6 is 0 Å². The van der Waals surface area contributed by atoms with E-state index in [2.05, 4.69) is 5.18 Å². The molecule has 0 aliphatic heterocycles. The van der Waals surface area contributed by atoms with Crippen LogP contribution in [0.4, 0.5) is 5.69 Å². The average molecular weight is 269 g/mol. The van der Waals surface area contributed by atoms with Gasteiger partial charge in [-0.2, -0.15) is 0 Å². The molecule has 0 atom stereocenters. The molecule has 0 bridgehead atoms. The molecule has 2 aromatic carbocycles. The monoisotopic (exact) mass is 269 g/mol. The van der Waals surface area contributed by atoms with Gasteiger partial charge in [0.2, 0.25) is 0 Å². The number of benzene rings is 2. The fourth-order valence-corrected chi connectivity index (χ4v) is 1.64. The minimum absolute atomic E-state index is 0.102. The van der Waals surface area contributed by atoms with Crippen molar-refractivity contribution < 1.29 is 15.0 Å². The summed E-state index contributed by atoms with van der Waals surface area (Å²) in [6.07, 6.45) is 2.86. The van der Waals surface area contributed by atoms with E-state index in [9.17, 15) is 14.8 Å². The minimum Gasteiger partial charge on any atom is -0.508 e. The number of aromatic hydroxyl groups is 2. The lowest BCUT2D eigenvalue weighted by Crippen LogP contribution is -1.94. The van der Waals surface area contributed by atoms with Crippen LogP contribution < -0.4 is 0 Å². The number of carbonyl (C=O) groups is 1. The van der Waals surface area contributed by atoms with Gasteiger partial charge in [0.15, 0.2) is 5.78 Å². The van der Waals surface area contributed by atoms with Crippen molar-refractivity contribution in [2.45, 2.75) is 0 Å². The largest absolute Gasteiger partial charge is 0.508 e. The van der Waals surface area contributed by atoms with Gasteiger partial charge in [-0.05, 0) is 41.1 Å². The Morgan fingerprint density at radius 2 is 1.75 bits per heavy atom. The van der Waals surface area contributed by atoms with Crippen LogP contribution in [0.15, 0.2) is 53.7 Å². The van der Waals surface area contributed by atoms with Crippen molar-refractivity contribution in [1.29, 1.82) is 0 Å². The van der Waals surface area contributed by atoms with Gasteiger partial charge in [0.25, 0.3) is 0 Å². The molecule has 0 fully saturated rings. The zero-order valence-corrected chi connectivity index (χ0v) is 10.4. The van der Waals surface area contributed by atoms with Crippen LogP contribution in [0.25, 0.3) is 6.08 Å². The van der Waals surface area contributed by atoms with E-state index in [1.807, 2.05) is 0 Å². The highest BCUT2D eigenvalue weighted by atomic mass is 16.3. The zero-order valence-electron chi connectivity index (χ0n) is 10.4. The molecule has 20 heavy (non-hydrogen) atoms. The number of phenols is 2. The molecular formula is C15H11NO4. The molecule has 0 radical (unpaired) electrons. The van der Waals surface area contributed by atoms with E-state index in [1.165, 1.54) is 30.3 Å². The maximum atomic E-state index is 11.9. The van der Waals surface area contributed by atoms with Gasteiger partial charge >= 0.3 is 0 Å². The Hall–Kier alpha value is -2.95.